The summed E-state index contributed by atoms with van der Waals surface area (Å²) in [6, 6.07) is 7.91. The Labute approximate surface area is 167 Å². The van der Waals surface area contributed by atoms with Crippen molar-refractivity contribution in [1.82, 2.24) is 4.40 Å². The predicted octanol–water partition coefficient (Wildman–Crippen LogP) is 4.43. The first kappa shape index (κ1) is 17.5. The Morgan fingerprint density at radius 2 is 1.62 bits per heavy atom. The second kappa shape index (κ2) is 5.96. The zero-order chi connectivity index (χ0) is 20.4. The number of hydrogen-bond acceptors (Lipinski definition) is 6. The second-order valence-corrected chi connectivity index (χ2v) is 6.97. The minimum absolute atomic E-state index is 0.00163. The largest absolute Gasteiger partial charge is 0.504 e. The van der Waals surface area contributed by atoms with Gasteiger partial charge in [-0.2, -0.15) is 0 Å². The van der Waals surface area contributed by atoms with Crippen molar-refractivity contribution in [2.24, 2.45) is 0 Å². The van der Waals surface area contributed by atoms with Gasteiger partial charge in [0, 0.05) is 28.4 Å². The number of halogens is 1. The lowest BCUT2D eigenvalue weighted by atomic mass is 10.1. The van der Waals surface area contributed by atoms with Gasteiger partial charge in [0.25, 0.3) is 0 Å². The van der Waals surface area contributed by atoms with E-state index in [1.165, 1.54) is 20.3 Å². The van der Waals surface area contributed by atoms with Crippen molar-refractivity contribution in [3.63, 3.8) is 0 Å². The topological polar surface area (TPSA) is 93.5 Å². The van der Waals surface area contributed by atoms with Crippen molar-refractivity contribution in [2.75, 3.05) is 14.2 Å². The summed E-state index contributed by atoms with van der Waals surface area (Å²) in [6.45, 7) is 0. The van der Waals surface area contributed by atoms with E-state index in [1.54, 1.807) is 34.9 Å². The lowest BCUT2D eigenvalue weighted by molar-refractivity contribution is 0.373. The number of phenols is 2. The molecule has 7 nitrogen and oxygen atoms in total. The smallest absolute Gasteiger partial charge is 0.361 e. The summed E-state index contributed by atoms with van der Waals surface area (Å²) in [5.74, 6) is 0.376. The molecule has 3 heterocycles. The standard InChI is InChI=1S/C21H14ClNO6/c1-27-15-6-10-9(5-12(15)24)3-4-23-19(10)18(22)17-11-7-16(28-2)13(25)8-14(11)29-21(26)20(17)23/h3-8,24-25H,1-2H3. The van der Waals surface area contributed by atoms with Crippen molar-refractivity contribution in [3.8, 4) is 23.0 Å². The van der Waals surface area contributed by atoms with E-state index in [9.17, 15) is 15.0 Å². The molecule has 0 saturated heterocycles. The van der Waals surface area contributed by atoms with Crippen LogP contribution in [0, 0.1) is 0 Å². The van der Waals surface area contributed by atoms with Crippen LogP contribution < -0.4 is 15.1 Å². The van der Waals surface area contributed by atoms with Gasteiger partial charge in [0.1, 0.15) is 11.1 Å². The number of aromatic hydroxyl groups is 2. The molecule has 3 aromatic heterocycles. The number of benzene rings is 2. The molecule has 5 rings (SSSR count). The molecule has 2 aromatic carbocycles. The molecule has 0 amide bonds. The van der Waals surface area contributed by atoms with Crippen molar-refractivity contribution in [1.29, 1.82) is 0 Å². The molecule has 0 radical (unpaired) electrons. The summed E-state index contributed by atoms with van der Waals surface area (Å²) < 4.78 is 17.5. The van der Waals surface area contributed by atoms with Crippen LogP contribution in [0.4, 0.5) is 0 Å². The summed E-state index contributed by atoms with van der Waals surface area (Å²) in [4.78, 5) is 12.8. The summed E-state index contributed by atoms with van der Waals surface area (Å²) in [5, 5.41) is 22.9. The second-order valence-electron chi connectivity index (χ2n) is 6.59. The number of ether oxygens (including phenoxy) is 2. The van der Waals surface area contributed by atoms with Crippen molar-refractivity contribution < 1.29 is 24.1 Å². The Kier molecular flexibility index (Phi) is 3.60. The van der Waals surface area contributed by atoms with Crippen LogP contribution in [0.5, 0.6) is 23.0 Å². The maximum Gasteiger partial charge on any atom is 0.361 e. The van der Waals surface area contributed by atoms with Gasteiger partial charge in [-0.3, -0.25) is 0 Å². The van der Waals surface area contributed by atoms with Gasteiger partial charge in [-0.15, -0.1) is 0 Å². The lowest BCUT2D eigenvalue weighted by Crippen LogP contribution is -2.02. The molecule has 5 aromatic rings. The van der Waals surface area contributed by atoms with E-state index in [4.69, 9.17) is 25.5 Å². The Morgan fingerprint density at radius 3 is 2.31 bits per heavy atom. The summed E-state index contributed by atoms with van der Waals surface area (Å²) in [5.41, 5.74) is 0.436. The van der Waals surface area contributed by atoms with E-state index in [2.05, 4.69) is 0 Å². The molecule has 29 heavy (non-hydrogen) atoms. The van der Waals surface area contributed by atoms with Crippen LogP contribution in [0.2, 0.25) is 5.02 Å². The zero-order valence-electron chi connectivity index (χ0n) is 15.3. The molecule has 0 aliphatic rings. The Balaban J connectivity index is 2.06. The average Bonchev–Trinajstić information content (AvgIpc) is 3.01. The van der Waals surface area contributed by atoms with E-state index in [0.29, 0.717) is 26.7 Å². The number of fused-ring (bicyclic) bond motifs is 7. The Hall–Kier alpha value is -3.58. The van der Waals surface area contributed by atoms with Gasteiger partial charge in [0.2, 0.25) is 0 Å². The molecule has 0 bridgehead atoms. The normalized spacial score (nSPS) is 11.7. The molecule has 0 atom stereocenters. The van der Waals surface area contributed by atoms with E-state index in [0.717, 1.165) is 5.39 Å². The van der Waals surface area contributed by atoms with E-state index < -0.39 is 5.63 Å². The van der Waals surface area contributed by atoms with Crippen molar-refractivity contribution in [2.45, 2.75) is 0 Å². The minimum Gasteiger partial charge on any atom is -0.504 e. The van der Waals surface area contributed by atoms with Crippen molar-refractivity contribution in [3.05, 3.63) is 52.0 Å². The van der Waals surface area contributed by atoms with Gasteiger partial charge in [-0.05, 0) is 29.7 Å². The molecule has 0 fully saturated rings. The van der Waals surface area contributed by atoms with E-state index in [-0.39, 0.29) is 34.1 Å². The molecule has 2 N–H and O–H groups in total. The van der Waals surface area contributed by atoms with Gasteiger partial charge in [0.15, 0.2) is 23.0 Å². The highest BCUT2D eigenvalue weighted by atomic mass is 35.5. The molecular formula is C21H14ClNO6. The Morgan fingerprint density at radius 1 is 0.966 bits per heavy atom. The number of hydrogen-bond donors (Lipinski definition) is 2. The number of pyridine rings is 1. The van der Waals surface area contributed by atoms with Gasteiger partial charge >= 0.3 is 5.63 Å². The molecule has 8 heteroatoms. The molecule has 0 unspecified atom stereocenters. The number of phenolic OH excluding ortho intramolecular Hbond substituents is 2. The summed E-state index contributed by atoms with van der Waals surface area (Å²) in [6.07, 6.45) is 1.69. The van der Waals surface area contributed by atoms with Crippen LogP contribution in [-0.4, -0.2) is 28.8 Å². The third-order valence-electron chi connectivity index (χ3n) is 5.10. The van der Waals surface area contributed by atoms with Crippen LogP contribution in [0.25, 0.3) is 38.2 Å². The fraction of sp³-hybridized carbons (Fsp3) is 0.0952. The molecule has 146 valence electrons. The van der Waals surface area contributed by atoms with Gasteiger partial charge in [-0.1, -0.05) is 11.6 Å². The Bertz CT molecular complexity index is 1530. The van der Waals surface area contributed by atoms with Crippen LogP contribution in [0.1, 0.15) is 0 Å². The highest BCUT2D eigenvalue weighted by Crippen LogP contribution is 2.42. The summed E-state index contributed by atoms with van der Waals surface area (Å²) in [7, 11) is 2.89. The SMILES string of the molecule is COc1cc2c(cc1O)oc(=O)c1c2c(Cl)c2c3cc(OC)c(O)cc3ccn21. The molecule has 0 saturated carbocycles. The van der Waals surface area contributed by atoms with Gasteiger partial charge in [0.05, 0.1) is 24.8 Å². The van der Waals surface area contributed by atoms with Crippen LogP contribution in [-0.2, 0) is 0 Å². The lowest BCUT2D eigenvalue weighted by Gasteiger charge is -2.07. The summed E-state index contributed by atoms with van der Waals surface area (Å²) >= 11 is 6.78. The number of nitrogens with zero attached hydrogens (tertiary/aromatic N) is 1. The fourth-order valence-corrected chi connectivity index (χ4v) is 4.17. The van der Waals surface area contributed by atoms with Gasteiger partial charge in [-0.25, -0.2) is 4.79 Å². The predicted molar refractivity (Wildman–Crippen MR) is 110 cm³/mol. The molecular weight excluding hydrogens is 398 g/mol. The average molecular weight is 412 g/mol. The van der Waals surface area contributed by atoms with E-state index in [1.807, 2.05) is 0 Å². The molecule has 0 spiro atoms. The first-order valence-corrected chi connectivity index (χ1v) is 8.99. The molecule has 0 aliphatic carbocycles. The first-order valence-electron chi connectivity index (χ1n) is 8.61. The maximum absolute atomic E-state index is 12.8. The first-order chi connectivity index (χ1) is 13.9. The number of aromatic nitrogens is 1. The highest BCUT2D eigenvalue weighted by molar-refractivity contribution is 6.43. The fourth-order valence-electron chi connectivity index (χ4n) is 3.79. The van der Waals surface area contributed by atoms with Crippen LogP contribution >= 0.6 is 11.6 Å². The zero-order valence-corrected chi connectivity index (χ0v) is 16.1. The molecule has 0 aliphatic heterocycles. The number of rotatable bonds is 2. The maximum atomic E-state index is 12.8. The minimum atomic E-state index is -0.593. The quantitative estimate of drug-likeness (QED) is 0.417. The van der Waals surface area contributed by atoms with Gasteiger partial charge < -0.3 is 28.5 Å². The van der Waals surface area contributed by atoms with E-state index >= 15 is 0 Å². The van der Waals surface area contributed by atoms with Crippen molar-refractivity contribution >= 4 is 49.8 Å². The van der Waals surface area contributed by atoms with Crippen LogP contribution in [0.3, 0.4) is 0 Å². The van der Waals surface area contributed by atoms with Crippen LogP contribution in [0.15, 0.2) is 45.7 Å². The number of methoxy groups -OCH3 is 2. The monoisotopic (exact) mass is 411 g/mol. The third kappa shape index (κ3) is 2.28. The third-order valence-corrected chi connectivity index (χ3v) is 5.47. The highest BCUT2D eigenvalue weighted by Gasteiger charge is 2.21.